The summed E-state index contributed by atoms with van der Waals surface area (Å²) in [5, 5.41) is 32.5. The standard InChI is InChI=1S/C41H31Br2Cl2N3O10/c1-57-20-7-3-17(4-8-20)41-26(37(52)48(40(41)56)46-28-12-5-18(44)13-27(28)45)15-24-21(32(41)25-16-30(58-2)35(50)34(43)33(25)42)10-11-23-31(24)38(53)47(36(23)51)19-6-9-22(39(54)55)29(49)14-19/h3-10,12-14,16,23-24,26,31-32,46,49-50H,11,15H2,1-2H3,(H,54,55). The second kappa shape index (κ2) is 14.6. The fourth-order valence-corrected chi connectivity index (χ4v) is 10.7. The Kier molecular flexibility index (Phi) is 10.0. The number of hydrazine groups is 1. The van der Waals surface area contributed by atoms with Crippen molar-refractivity contribution in [2.45, 2.75) is 24.2 Å². The molecule has 58 heavy (non-hydrogen) atoms. The van der Waals surface area contributed by atoms with E-state index in [4.69, 9.17) is 32.7 Å². The highest BCUT2D eigenvalue weighted by atomic mass is 79.9. The van der Waals surface area contributed by atoms with Crippen LogP contribution in [0.15, 0.2) is 87.3 Å². The van der Waals surface area contributed by atoms with Crippen LogP contribution >= 0.6 is 55.1 Å². The van der Waals surface area contributed by atoms with E-state index in [0.717, 1.165) is 22.0 Å². The number of nitrogens with zero attached hydrogens (tertiary/aromatic N) is 2. The zero-order valence-electron chi connectivity index (χ0n) is 30.3. The molecular weight excluding hydrogens is 925 g/mol. The lowest BCUT2D eigenvalue weighted by Crippen LogP contribution is -2.53. The van der Waals surface area contributed by atoms with E-state index in [0.29, 0.717) is 31.9 Å². The van der Waals surface area contributed by atoms with Crippen LogP contribution < -0.4 is 19.8 Å². The molecule has 0 bridgehead atoms. The molecule has 1 saturated carbocycles. The largest absolute Gasteiger partial charge is 0.507 e. The summed E-state index contributed by atoms with van der Waals surface area (Å²) < 4.78 is 11.6. The van der Waals surface area contributed by atoms with Gasteiger partial charge in [-0.15, -0.1) is 0 Å². The number of methoxy groups -OCH3 is 2. The number of allylic oxidation sites excluding steroid dienone is 2. The zero-order chi connectivity index (χ0) is 41.5. The van der Waals surface area contributed by atoms with Crippen LogP contribution in [0.2, 0.25) is 10.0 Å². The molecule has 0 aromatic heterocycles. The van der Waals surface area contributed by atoms with E-state index in [9.17, 15) is 29.7 Å². The Morgan fingerprint density at radius 1 is 0.879 bits per heavy atom. The molecule has 17 heteroatoms. The number of hydrogen-bond acceptors (Lipinski definition) is 10. The number of anilines is 2. The topological polar surface area (TPSA) is 183 Å². The number of ether oxygens (including phenoxy) is 2. The molecule has 2 heterocycles. The number of phenolic OH excluding ortho intramolecular Hbond substituents is 1. The minimum atomic E-state index is -1.71. The highest BCUT2D eigenvalue weighted by Crippen LogP contribution is 2.66. The van der Waals surface area contributed by atoms with Gasteiger partial charge in [0.2, 0.25) is 11.8 Å². The van der Waals surface area contributed by atoms with Gasteiger partial charge < -0.3 is 24.8 Å². The van der Waals surface area contributed by atoms with Crippen molar-refractivity contribution in [3.8, 4) is 23.0 Å². The molecule has 4 aliphatic rings. The Bertz CT molecular complexity index is 2520. The zero-order valence-corrected chi connectivity index (χ0v) is 35.0. The predicted octanol–water partition coefficient (Wildman–Crippen LogP) is 7.83. The van der Waals surface area contributed by atoms with Gasteiger partial charge in [-0.05, 0) is 110 Å². The lowest BCUT2D eigenvalue weighted by atomic mass is 9.49. The Morgan fingerprint density at radius 3 is 2.24 bits per heavy atom. The molecule has 2 aliphatic carbocycles. The predicted molar refractivity (Wildman–Crippen MR) is 218 cm³/mol. The van der Waals surface area contributed by atoms with Gasteiger partial charge in [0, 0.05) is 21.5 Å². The van der Waals surface area contributed by atoms with Gasteiger partial charge in [-0.2, -0.15) is 5.01 Å². The van der Waals surface area contributed by atoms with Crippen molar-refractivity contribution in [1.82, 2.24) is 5.01 Å². The number of nitrogens with one attached hydrogen (secondary N) is 1. The Labute approximate surface area is 357 Å². The van der Waals surface area contributed by atoms with E-state index in [-0.39, 0.29) is 45.2 Å². The summed E-state index contributed by atoms with van der Waals surface area (Å²) in [5.74, 6) is -8.95. The summed E-state index contributed by atoms with van der Waals surface area (Å²) in [4.78, 5) is 72.1. The first-order chi connectivity index (χ1) is 27.6. The third-order valence-corrected chi connectivity index (χ3v) is 14.5. The number of carboxylic acid groups (broad SMARTS) is 1. The molecule has 13 nitrogen and oxygen atoms in total. The number of benzene rings is 4. The van der Waals surface area contributed by atoms with E-state index < -0.39 is 75.9 Å². The minimum Gasteiger partial charge on any atom is -0.507 e. The third-order valence-electron chi connectivity index (χ3n) is 11.8. The molecule has 3 fully saturated rings. The number of aromatic carboxylic acids is 1. The number of carbonyl (C=O) groups is 5. The van der Waals surface area contributed by atoms with Crippen LogP contribution in [-0.2, 0) is 24.6 Å². The Hall–Kier alpha value is -5.09. The maximum absolute atomic E-state index is 15.6. The molecular formula is C41H31Br2Cl2N3O10. The summed E-state index contributed by atoms with van der Waals surface area (Å²) in [7, 11) is 2.88. The number of rotatable bonds is 8. The maximum atomic E-state index is 15.6. The van der Waals surface area contributed by atoms with Gasteiger partial charge >= 0.3 is 5.97 Å². The molecule has 298 valence electrons. The first-order valence-electron chi connectivity index (χ1n) is 17.8. The monoisotopic (exact) mass is 953 g/mol. The van der Waals surface area contributed by atoms with Crippen LogP contribution in [0.25, 0.3) is 0 Å². The molecule has 0 spiro atoms. The third kappa shape index (κ3) is 5.80. The molecule has 8 rings (SSSR count). The maximum Gasteiger partial charge on any atom is 0.339 e. The van der Waals surface area contributed by atoms with Crippen molar-refractivity contribution < 1.29 is 48.8 Å². The van der Waals surface area contributed by atoms with E-state index in [2.05, 4.69) is 37.3 Å². The second-order valence-corrected chi connectivity index (χ2v) is 16.8. The fourth-order valence-electron chi connectivity index (χ4n) is 9.26. The number of imide groups is 2. The molecule has 4 aromatic carbocycles. The summed E-state index contributed by atoms with van der Waals surface area (Å²) in [6.07, 6.45) is 1.88. The lowest BCUT2D eigenvalue weighted by Gasteiger charge is -2.51. The Morgan fingerprint density at radius 2 is 1.60 bits per heavy atom. The van der Waals surface area contributed by atoms with Gasteiger partial charge in [0.15, 0.2) is 11.5 Å². The van der Waals surface area contributed by atoms with E-state index in [1.54, 1.807) is 36.4 Å². The molecule has 4 aromatic rings. The smallest absolute Gasteiger partial charge is 0.339 e. The molecule has 4 amide bonds. The van der Waals surface area contributed by atoms with Crippen molar-refractivity contribution >= 4 is 96.0 Å². The normalized spacial score (nSPS) is 24.9. The summed E-state index contributed by atoms with van der Waals surface area (Å²) in [6, 6.07) is 16.4. The molecule has 0 radical (unpaired) electrons. The highest BCUT2D eigenvalue weighted by Gasteiger charge is 2.70. The first-order valence-corrected chi connectivity index (χ1v) is 20.1. The van der Waals surface area contributed by atoms with Crippen LogP contribution in [0.1, 0.15) is 40.2 Å². The first kappa shape index (κ1) is 39.7. The molecule has 2 saturated heterocycles. The van der Waals surface area contributed by atoms with Crippen LogP contribution in [0.3, 0.4) is 0 Å². The average molecular weight is 956 g/mol. The SMILES string of the molecule is COc1ccc(C23C(=O)N(Nc4ccc(Cl)cc4Cl)C(=O)C2CC2C(=CCC4C(=O)N(c5ccc(C(=O)O)c(O)c5)C(=O)C42)C3c2cc(OC)c(O)c(Br)c2Br)cc1. The van der Waals surface area contributed by atoms with Gasteiger partial charge in [-0.1, -0.05) is 47.0 Å². The van der Waals surface area contributed by atoms with Crippen molar-refractivity contribution in [3.63, 3.8) is 0 Å². The van der Waals surface area contributed by atoms with Gasteiger partial charge in [-0.25, -0.2) is 9.69 Å². The number of amides is 4. The number of carboxylic acids is 1. The van der Waals surface area contributed by atoms with Crippen molar-refractivity contribution in [1.29, 1.82) is 0 Å². The number of phenols is 2. The number of carbonyl (C=O) groups excluding carboxylic acids is 4. The molecule has 6 atom stereocenters. The van der Waals surface area contributed by atoms with Crippen molar-refractivity contribution in [2.24, 2.45) is 23.7 Å². The van der Waals surface area contributed by atoms with Crippen LogP contribution in [0, 0.1) is 23.7 Å². The molecule has 2 aliphatic heterocycles. The van der Waals surface area contributed by atoms with Crippen LogP contribution in [0.5, 0.6) is 23.0 Å². The van der Waals surface area contributed by atoms with Crippen LogP contribution in [0.4, 0.5) is 11.4 Å². The van der Waals surface area contributed by atoms with Gasteiger partial charge in [-0.3, -0.25) is 24.6 Å². The van der Waals surface area contributed by atoms with Gasteiger partial charge in [0.1, 0.15) is 17.1 Å². The van der Waals surface area contributed by atoms with Gasteiger partial charge in [0.25, 0.3) is 11.8 Å². The fraction of sp³-hybridized carbons (Fsp3) is 0.244. The highest BCUT2D eigenvalue weighted by molar-refractivity contribution is 9.13. The van der Waals surface area contributed by atoms with Crippen LogP contribution in [-0.4, -0.2) is 64.1 Å². The van der Waals surface area contributed by atoms with Crippen molar-refractivity contribution in [2.75, 3.05) is 24.5 Å². The number of halogens is 4. The van der Waals surface area contributed by atoms with Crippen molar-refractivity contribution in [3.05, 3.63) is 114 Å². The van der Waals surface area contributed by atoms with E-state index in [1.165, 1.54) is 32.4 Å². The summed E-state index contributed by atoms with van der Waals surface area (Å²) >= 11 is 19.9. The average Bonchev–Trinajstić information content (AvgIpc) is 3.58. The summed E-state index contributed by atoms with van der Waals surface area (Å²) in [5.41, 5.74) is 2.55. The molecule has 6 unspecified atom stereocenters. The van der Waals surface area contributed by atoms with E-state index >= 15 is 9.59 Å². The number of fused-ring (bicyclic) bond motifs is 4. The molecule has 4 N–H and O–H groups in total. The quantitative estimate of drug-likeness (QED) is 0.0998. The summed E-state index contributed by atoms with van der Waals surface area (Å²) in [6.45, 7) is 0. The minimum absolute atomic E-state index is 0.00864. The second-order valence-electron chi connectivity index (χ2n) is 14.4. The van der Waals surface area contributed by atoms with Gasteiger partial charge in [0.05, 0.1) is 58.3 Å². The number of aromatic hydroxyl groups is 2. The van der Waals surface area contributed by atoms with E-state index in [1.807, 2.05) is 6.08 Å². The number of hydrogen-bond donors (Lipinski definition) is 4. The lowest BCUT2D eigenvalue weighted by molar-refractivity contribution is -0.138. The Balaban J connectivity index is 1.35.